The molecule has 0 radical (unpaired) electrons. The molecule has 0 fully saturated rings. The summed E-state index contributed by atoms with van der Waals surface area (Å²) in [5.41, 5.74) is 0.958. The second-order valence-electron chi connectivity index (χ2n) is 2.69. The van der Waals surface area contributed by atoms with Crippen LogP contribution in [0.25, 0.3) is 0 Å². The number of rotatable bonds is 2. The zero-order valence-electron chi connectivity index (χ0n) is 7.40. The molecule has 0 aliphatic heterocycles. The van der Waals surface area contributed by atoms with Crippen LogP contribution in [0.1, 0.15) is 12.5 Å². The van der Waals surface area contributed by atoms with E-state index in [1.165, 1.54) is 6.92 Å². The van der Waals surface area contributed by atoms with E-state index in [2.05, 4.69) is 0 Å². The van der Waals surface area contributed by atoms with Crippen molar-refractivity contribution in [2.24, 2.45) is 0 Å². The van der Waals surface area contributed by atoms with Gasteiger partial charge in [0.05, 0.1) is 6.54 Å². The molecule has 1 aromatic rings. The molecule has 0 saturated carbocycles. The highest BCUT2D eigenvalue weighted by atomic mass is 16.2. The van der Waals surface area contributed by atoms with Gasteiger partial charge in [-0.05, 0) is 5.56 Å². The van der Waals surface area contributed by atoms with Gasteiger partial charge in [0.15, 0.2) is 6.19 Å². The molecule has 0 saturated heterocycles. The van der Waals surface area contributed by atoms with Crippen molar-refractivity contribution in [3.8, 4) is 6.19 Å². The van der Waals surface area contributed by atoms with Crippen molar-refractivity contribution < 1.29 is 4.79 Å². The number of nitriles is 1. The van der Waals surface area contributed by atoms with Crippen molar-refractivity contribution in [3.63, 3.8) is 0 Å². The largest absolute Gasteiger partial charge is 0.274 e. The molecular formula is C10H10N2O. The van der Waals surface area contributed by atoms with E-state index in [9.17, 15) is 4.79 Å². The molecule has 66 valence electrons. The van der Waals surface area contributed by atoms with Crippen LogP contribution in [-0.4, -0.2) is 10.8 Å². The minimum absolute atomic E-state index is 0.230. The molecule has 13 heavy (non-hydrogen) atoms. The van der Waals surface area contributed by atoms with Crippen molar-refractivity contribution in [1.82, 2.24) is 4.90 Å². The summed E-state index contributed by atoms with van der Waals surface area (Å²) in [7, 11) is 0. The number of carbonyl (C=O) groups is 1. The Morgan fingerprint density at radius 1 is 1.46 bits per heavy atom. The monoisotopic (exact) mass is 174 g/mol. The van der Waals surface area contributed by atoms with E-state index in [1.807, 2.05) is 36.5 Å². The predicted molar refractivity (Wildman–Crippen MR) is 48.3 cm³/mol. The van der Waals surface area contributed by atoms with Gasteiger partial charge in [0.25, 0.3) is 0 Å². The molecule has 0 atom stereocenters. The zero-order chi connectivity index (χ0) is 9.68. The molecule has 0 aliphatic carbocycles. The molecule has 0 N–H and O–H groups in total. The fourth-order valence-electron chi connectivity index (χ4n) is 0.983. The standard InChI is InChI=1S/C10H10N2O/c1-9(13)12(8-11)7-10-5-3-2-4-6-10/h2-6H,7H2,1H3. The summed E-state index contributed by atoms with van der Waals surface area (Å²) in [6.07, 6.45) is 1.83. The Kier molecular flexibility index (Phi) is 3.04. The van der Waals surface area contributed by atoms with Gasteiger partial charge in [-0.15, -0.1) is 0 Å². The highest BCUT2D eigenvalue weighted by Crippen LogP contribution is 2.03. The number of nitrogens with zero attached hydrogens (tertiary/aromatic N) is 2. The molecule has 0 aliphatic rings. The topological polar surface area (TPSA) is 44.1 Å². The van der Waals surface area contributed by atoms with Crippen LogP contribution in [0.5, 0.6) is 0 Å². The Balaban J connectivity index is 2.69. The van der Waals surface area contributed by atoms with E-state index in [1.54, 1.807) is 0 Å². The van der Waals surface area contributed by atoms with Gasteiger partial charge in [-0.3, -0.25) is 4.79 Å². The molecular weight excluding hydrogens is 164 g/mol. The van der Waals surface area contributed by atoms with Crippen LogP contribution < -0.4 is 0 Å². The van der Waals surface area contributed by atoms with Crippen LogP contribution in [0.3, 0.4) is 0 Å². The SMILES string of the molecule is CC(=O)N(C#N)Cc1ccccc1. The summed E-state index contributed by atoms with van der Waals surface area (Å²) in [6.45, 7) is 1.73. The Labute approximate surface area is 77.2 Å². The maximum absolute atomic E-state index is 10.9. The van der Waals surface area contributed by atoms with Crippen molar-refractivity contribution in [2.75, 3.05) is 0 Å². The maximum Gasteiger partial charge on any atom is 0.232 e. The molecule has 3 heteroatoms. The van der Waals surface area contributed by atoms with E-state index in [0.29, 0.717) is 6.54 Å². The number of benzene rings is 1. The molecule has 0 unspecified atom stereocenters. The first kappa shape index (κ1) is 9.27. The summed E-state index contributed by atoms with van der Waals surface area (Å²) in [6, 6.07) is 9.42. The van der Waals surface area contributed by atoms with Crippen LogP contribution in [0.15, 0.2) is 30.3 Å². The van der Waals surface area contributed by atoms with Gasteiger partial charge >= 0.3 is 0 Å². The summed E-state index contributed by atoms with van der Waals surface area (Å²) in [5.74, 6) is -0.230. The maximum atomic E-state index is 10.9. The third kappa shape index (κ3) is 2.60. The van der Waals surface area contributed by atoms with E-state index >= 15 is 0 Å². The summed E-state index contributed by atoms with van der Waals surface area (Å²) in [4.78, 5) is 12.0. The Bertz CT molecular complexity index is 327. The average Bonchev–Trinajstić information content (AvgIpc) is 2.15. The first-order valence-electron chi connectivity index (χ1n) is 3.96. The van der Waals surface area contributed by atoms with E-state index in [-0.39, 0.29) is 5.91 Å². The number of amides is 1. The Morgan fingerprint density at radius 2 is 2.08 bits per heavy atom. The lowest BCUT2D eigenvalue weighted by molar-refractivity contribution is -0.126. The molecule has 1 aromatic carbocycles. The van der Waals surface area contributed by atoms with Crippen LogP contribution in [0.4, 0.5) is 0 Å². The lowest BCUT2D eigenvalue weighted by Gasteiger charge is -2.10. The van der Waals surface area contributed by atoms with Gasteiger partial charge in [-0.25, -0.2) is 4.90 Å². The lowest BCUT2D eigenvalue weighted by Crippen LogP contribution is -2.22. The first-order valence-corrected chi connectivity index (χ1v) is 3.96. The van der Waals surface area contributed by atoms with Gasteiger partial charge in [-0.2, -0.15) is 5.26 Å². The second-order valence-corrected chi connectivity index (χ2v) is 2.69. The highest BCUT2D eigenvalue weighted by Gasteiger charge is 2.06. The number of carbonyl (C=O) groups excluding carboxylic acids is 1. The molecule has 0 spiro atoms. The fraction of sp³-hybridized carbons (Fsp3) is 0.200. The minimum Gasteiger partial charge on any atom is -0.274 e. The van der Waals surface area contributed by atoms with Crippen LogP contribution >= 0.6 is 0 Å². The third-order valence-corrected chi connectivity index (χ3v) is 1.68. The molecule has 0 heterocycles. The van der Waals surface area contributed by atoms with Gasteiger partial charge in [-0.1, -0.05) is 30.3 Å². The highest BCUT2D eigenvalue weighted by molar-refractivity contribution is 5.74. The first-order chi connectivity index (χ1) is 6.24. The van der Waals surface area contributed by atoms with Crippen LogP contribution in [0.2, 0.25) is 0 Å². The molecule has 0 bridgehead atoms. The quantitative estimate of drug-likeness (QED) is 0.504. The van der Waals surface area contributed by atoms with Gasteiger partial charge in [0.1, 0.15) is 0 Å². The lowest BCUT2D eigenvalue weighted by atomic mass is 10.2. The average molecular weight is 174 g/mol. The molecule has 1 rings (SSSR count). The van der Waals surface area contributed by atoms with Crippen molar-refractivity contribution in [2.45, 2.75) is 13.5 Å². The summed E-state index contributed by atoms with van der Waals surface area (Å²) in [5, 5.41) is 8.61. The second kappa shape index (κ2) is 4.27. The van der Waals surface area contributed by atoms with Gasteiger partial charge < -0.3 is 0 Å². The number of hydrogen-bond acceptors (Lipinski definition) is 2. The Morgan fingerprint density at radius 3 is 2.54 bits per heavy atom. The Hall–Kier alpha value is -1.82. The molecule has 1 amide bonds. The third-order valence-electron chi connectivity index (χ3n) is 1.68. The van der Waals surface area contributed by atoms with Crippen molar-refractivity contribution >= 4 is 5.91 Å². The van der Waals surface area contributed by atoms with Gasteiger partial charge in [0, 0.05) is 6.92 Å². The van der Waals surface area contributed by atoms with E-state index in [4.69, 9.17) is 5.26 Å². The number of hydrogen-bond donors (Lipinski definition) is 0. The fourth-order valence-corrected chi connectivity index (χ4v) is 0.983. The van der Waals surface area contributed by atoms with E-state index < -0.39 is 0 Å². The minimum atomic E-state index is -0.230. The summed E-state index contributed by atoms with van der Waals surface area (Å²) >= 11 is 0. The zero-order valence-corrected chi connectivity index (χ0v) is 7.40. The smallest absolute Gasteiger partial charge is 0.232 e. The van der Waals surface area contributed by atoms with Crippen LogP contribution in [-0.2, 0) is 11.3 Å². The van der Waals surface area contributed by atoms with Crippen molar-refractivity contribution in [3.05, 3.63) is 35.9 Å². The molecule has 3 nitrogen and oxygen atoms in total. The van der Waals surface area contributed by atoms with Gasteiger partial charge in [0.2, 0.25) is 5.91 Å². The molecule has 0 aromatic heterocycles. The summed E-state index contributed by atoms with van der Waals surface area (Å²) < 4.78 is 0. The van der Waals surface area contributed by atoms with Crippen molar-refractivity contribution in [1.29, 1.82) is 5.26 Å². The van der Waals surface area contributed by atoms with Crippen LogP contribution in [0, 0.1) is 11.5 Å². The predicted octanol–water partition coefficient (Wildman–Crippen LogP) is 1.52. The van der Waals surface area contributed by atoms with E-state index in [0.717, 1.165) is 10.5 Å². The normalized spacial score (nSPS) is 8.92.